The second-order valence-electron chi connectivity index (χ2n) is 6.18. The van der Waals surface area contributed by atoms with Gasteiger partial charge in [0.05, 0.1) is 30.2 Å². The van der Waals surface area contributed by atoms with Crippen LogP contribution in [0, 0.1) is 0 Å². The van der Waals surface area contributed by atoms with Gasteiger partial charge in [-0.3, -0.25) is 4.79 Å². The smallest absolute Gasteiger partial charge is 0.338 e. The van der Waals surface area contributed by atoms with Gasteiger partial charge in [-0.05, 0) is 62.4 Å². The Bertz CT molecular complexity index is 956. The summed E-state index contributed by atoms with van der Waals surface area (Å²) < 4.78 is 37.0. The number of rotatable bonds is 10. The first-order chi connectivity index (χ1) is 14.3. The summed E-state index contributed by atoms with van der Waals surface area (Å²) in [5, 5.41) is 2.64. The molecular weight excluding hydrogens is 408 g/mol. The van der Waals surface area contributed by atoms with E-state index in [0.29, 0.717) is 23.6 Å². The summed E-state index contributed by atoms with van der Waals surface area (Å²) in [5.41, 5.74) is 0.811. The van der Waals surface area contributed by atoms with E-state index in [4.69, 9.17) is 9.47 Å². The number of carbonyl (C=O) groups is 2. The number of amides is 1. The van der Waals surface area contributed by atoms with Crippen molar-refractivity contribution >= 4 is 27.6 Å². The molecule has 0 heterocycles. The predicted octanol–water partition coefficient (Wildman–Crippen LogP) is 2.91. The monoisotopic (exact) mass is 434 g/mol. The number of likely N-dealkylation sites (N-methyl/N-ethyl adjacent to an activating group) is 1. The summed E-state index contributed by atoms with van der Waals surface area (Å²) in [4.78, 5) is 24.1. The van der Waals surface area contributed by atoms with E-state index in [1.807, 2.05) is 6.92 Å². The molecule has 0 atom stereocenters. The van der Waals surface area contributed by atoms with E-state index < -0.39 is 21.9 Å². The maximum atomic E-state index is 12.9. The molecule has 0 unspecified atom stereocenters. The van der Waals surface area contributed by atoms with Gasteiger partial charge in [-0.25, -0.2) is 13.2 Å². The van der Waals surface area contributed by atoms with Crippen LogP contribution in [0.1, 0.15) is 31.1 Å². The molecule has 30 heavy (non-hydrogen) atoms. The van der Waals surface area contributed by atoms with Crippen molar-refractivity contribution in [2.24, 2.45) is 0 Å². The average molecular weight is 435 g/mol. The van der Waals surface area contributed by atoms with E-state index >= 15 is 0 Å². The topological polar surface area (TPSA) is 102 Å². The van der Waals surface area contributed by atoms with E-state index in [-0.39, 0.29) is 24.6 Å². The van der Waals surface area contributed by atoms with Gasteiger partial charge in [0.2, 0.25) is 15.9 Å². The van der Waals surface area contributed by atoms with Gasteiger partial charge in [0.15, 0.2) is 0 Å². The molecule has 0 saturated carbocycles. The molecule has 1 amide bonds. The molecule has 0 saturated heterocycles. The molecule has 2 aromatic rings. The highest BCUT2D eigenvalue weighted by Gasteiger charge is 2.25. The van der Waals surface area contributed by atoms with E-state index in [0.717, 1.165) is 4.31 Å². The lowest BCUT2D eigenvalue weighted by atomic mass is 10.2. The number of benzene rings is 2. The maximum absolute atomic E-state index is 12.9. The second kappa shape index (κ2) is 10.7. The summed E-state index contributed by atoms with van der Waals surface area (Å²) in [6.45, 7) is 5.75. The Morgan fingerprint density at radius 2 is 1.57 bits per heavy atom. The van der Waals surface area contributed by atoms with Crippen molar-refractivity contribution in [1.29, 1.82) is 0 Å². The number of nitrogens with zero attached hydrogens (tertiary/aromatic N) is 1. The van der Waals surface area contributed by atoms with Crippen LogP contribution < -0.4 is 10.1 Å². The number of esters is 1. The fourth-order valence-corrected chi connectivity index (χ4v) is 4.06. The van der Waals surface area contributed by atoms with Gasteiger partial charge < -0.3 is 14.8 Å². The van der Waals surface area contributed by atoms with Crippen LogP contribution in [0.4, 0.5) is 5.69 Å². The first-order valence-corrected chi connectivity index (χ1v) is 11.1. The third-order valence-corrected chi connectivity index (χ3v) is 6.06. The van der Waals surface area contributed by atoms with Crippen molar-refractivity contribution in [3.05, 3.63) is 54.1 Å². The first kappa shape index (κ1) is 23.4. The number of nitrogens with one attached hydrogen (secondary N) is 1. The SMILES string of the molecule is CCOC(=O)c1ccc(NC(=O)CN(CC)S(=O)(=O)c2ccc(OCC)cc2)cc1. The van der Waals surface area contributed by atoms with Gasteiger partial charge in [0.25, 0.3) is 0 Å². The van der Waals surface area contributed by atoms with Crippen molar-refractivity contribution in [2.75, 3.05) is 31.6 Å². The molecule has 2 aromatic carbocycles. The standard InChI is InChI=1S/C21H26N2O6S/c1-4-23(30(26,27)19-13-11-18(12-14-19)28-5-2)15-20(24)22-17-9-7-16(8-10-17)21(25)29-6-3/h7-14H,4-6,15H2,1-3H3,(H,22,24). The average Bonchev–Trinajstić information content (AvgIpc) is 2.73. The third kappa shape index (κ3) is 6.04. The van der Waals surface area contributed by atoms with Gasteiger partial charge in [-0.1, -0.05) is 6.92 Å². The van der Waals surface area contributed by atoms with Crippen LogP contribution in [0.15, 0.2) is 53.4 Å². The van der Waals surface area contributed by atoms with Crippen LogP contribution >= 0.6 is 0 Å². The summed E-state index contributed by atoms with van der Waals surface area (Å²) in [6, 6.07) is 12.2. The highest BCUT2D eigenvalue weighted by atomic mass is 32.2. The van der Waals surface area contributed by atoms with E-state index in [9.17, 15) is 18.0 Å². The van der Waals surface area contributed by atoms with E-state index in [1.54, 1.807) is 38.1 Å². The zero-order valence-electron chi connectivity index (χ0n) is 17.3. The quantitative estimate of drug-likeness (QED) is 0.577. The van der Waals surface area contributed by atoms with Crippen molar-refractivity contribution in [3.8, 4) is 5.75 Å². The molecule has 0 bridgehead atoms. The molecule has 2 rings (SSSR count). The number of hydrogen-bond acceptors (Lipinski definition) is 6. The van der Waals surface area contributed by atoms with Crippen molar-refractivity contribution in [2.45, 2.75) is 25.7 Å². The molecule has 0 aliphatic rings. The lowest BCUT2D eigenvalue weighted by Gasteiger charge is -2.20. The van der Waals surface area contributed by atoms with E-state index in [1.165, 1.54) is 24.3 Å². The highest BCUT2D eigenvalue weighted by molar-refractivity contribution is 7.89. The van der Waals surface area contributed by atoms with E-state index in [2.05, 4.69) is 5.32 Å². The maximum Gasteiger partial charge on any atom is 0.338 e. The minimum absolute atomic E-state index is 0.0828. The Labute approximate surface area is 176 Å². The Morgan fingerprint density at radius 1 is 0.933 bits per heavy atom. The Balaban J connectivity index is 2.05. The molecule has 0 fully saturated rings. The minimum atomic E-state index is -3.84. The summed E-state index contributed by atoms with van der Waals surface area (Å²) in [7, 11) is -3.84. The normalized spacial score (nSPS) is 11.2. The Kier molecular flexibility index (Phi) is 8.37. The summed E-state index contributed by atoms with van der Waals surface area (Å²) in [6.07, 6.45) is 0. The van der Waals surface area contributed by atoms with Crippen LogP contribution in [-0.4, -0.2) is 50.9 Å². The number of sulfonamides is 1. The van der Waals surface area contributed by atoms with Gasteiger partial charge in [0, 0.05) is 12.2 Å². The molecule has 162 valence electrons. The molecule has 0 aromatic heterocycles. The minimum Gasteiger partial charge on any atom is -0.494 e. The lowest BCUT2D eigenvalue weighted by Crippen LogP contribution is -2.37. The van der Waals surface area contributed by atoms with Crippen molar-refractivity contribution in [1.82, 2.24) is 4.31 Å². The van der Waals surface area contributed by atoms with Crippen LogP contribution in [0.3, 0.4) is 0 Å². The van der Waals surface area contributed by atoms with Gasteiger partial charge >= 0.3 is 5.97 Å². The lowest BCUT2D eigenvalue weighted by molar-refractivity contribution is -0.116. The zero-order chi connectivity index (χ0) is 22.1. The highest BCUT2D eigenvalue weighted by Crippen LogP contribution is 2.20. The van der Waals surface area contributed by atoms with Gasteiger partial charge in [0.1, 0.15) is 5.75 Å². The summed E-state index contributed by atoms with van der Waals surface area (Å²) >= 11 is 0. The van der Waals surface area contributed by atoms with Gasteiger partial charge in [-0.2, -0.15) is 4.31 Å². The molecule has 1 N–H and O–H groups in total. The third-order valence-electron chi connectivity index (χ3n) is 4.12. The Hall–Kier alpha value is -2.91. The fraction of sp³-hybridized carbons (Fsp3) is 0.333. The summed E-state index contributed by atoms with van der Waals surface area (Å²) in [5.74, 6) is -0.368. The van der Waals surface area contributed by atoms with Crippen LogP contribution in [0.25, 0.3) is 0 Å². The van der Waals surface area contributed by atoms with Crippen LogP contribution in [-0.2, 0) is 19.6 Å². The Morgan fingerprint density at radius 3 is 2.10 bits per heavy atom. The number of hydrogen-bond donors (Lipinski definition) is 1. The van der Waals surface area contributed by atoms with Crippen LogP contribution in [0.5, 0.6) is 5.75 Å². The molecule has 0 radical (unpaired) electrons. The molecule has 0 spiro atoms. The second-order valence-corrected chi connectivity index (χ2v) is 8.12. The number of ether oxygens (including phenoxy) is 2. The number of anilines is 1. The molecule has 9 heteroatoms. The molecular formula is C21H26N2O6S. The molecule has 0 aliphatic heterocycles. The van der Waals surface area contributed by atoms with Crippen molar-refractivity contribution < 1.29 is 27.5 Å². The van der Waals surface area contributed by atoms with Crippen LogP contribution in [0.2, 0.25) is 0 Å². The molecule has 0 aliphatic carbocycles. The number of carbonyl (C=O) groups excluding carboxylic acids is 2. The predicted molar refractivity (Wildman–Crippen MR) is 113 cm³/mol. The van der Waals surface area contributed by atoms with Crippen molar-refractivity contribution in [3.63, 3.8) is 0 Å². The first-order valence-electron chi connectivity index (χ1n) is 9.61. The molecule has 8 nitrogen and oxygen atoms in total. The zero-order valence-corrected chi connectivity index (χ0v) is 18.1. The van der Waals surface area contributed by atoms with Gasteiger partial charge in [-0.15, -0.1) is 0 Å². The largest absolute Gasteiger partial charge is 0.494 e. The fourth-order valence-electron chi connectivity index (χ4n) is 2.66.